The molecule has 0 atom stereocenters. The Bertz CT molecular complexity index is 322. The summed E-state index contributed by atoms with van der Waals surface area (Å²) in [5.74, 6) is -0.991. The van der Waals surface area contributed by atoms with Gasteiger partial charge in [0.2, 0.25) is 11.8 Å². The van der Waals surface area contributed by atoms with E-state index in [-0.39, 0.29) is 29.6 Å². The minimum Gasteiger partial charge on any atom is -0.277 e. The largest absolute Gasteiger partial charge is 1.00 e. The SMILES string of the molecule is C=CCCC1(CCC)C(=O)NC(=O)NC1=O.[Na+]. The van der Waals surface area contributed by atoms with E-state index in [0.29, 0.717) is 25.7 Å². The molecule has 0 aromatic rings. The third kappa shape index (κ3) is 3.40. The van der Waals surface area contributed by atoms with Gasteiger partial charge >= 0.3 is 35.6 Å². The summed E-state index contributed by atoms with van der Waals surface area (Å²) in [5.41, 5.74) is -1.11. The summed E-state index contributed by atoms with van der Waals surface area (Å²) in [5, 5.41) is 4.30. The first-order valence-electron chi connectivity index (χ1n) is 5.34. The van der Waals surface area contributed by atoms with Crippen molar-refractivity contribution in [2.24, 2.45) is 5.41 Å². The van der Waals surface area contributed by atoms with Crippen molar-refractivity contribution in [1.82, 2.24) is 10.6 Å². The molecular weight excluding hydrogens is 231 g/mol. The molecule has 0 spiro atoms. The van der Waals surface area contributed by atoms with Crippen LogP contribution in [0.4, 0.5) is 4.79 Å². The summed E-state index contributed by atoms with van der Waals surface area (Å²) < 4.78 is 0. The van der Waals surface area contributed by atoms with Crippen LogP contribution in [0.1, 0.15) is 32.6 Å². The first kappa shape index (κ1) is 16.4. The van der Waals surface area contributed by atoms with Crippen molar-refractivity contribution in [2.45, 2.75) is 32.6 Å². The predicted octanol–water partition coefficient (Wildman–Crippen LogP) is -1.89. The third-order valence-corrected chi connectivity index (χ3v) is 2.78. The van der Waals surface area contributed by atoms with Crippen LogP contribution in [0.3, 0.4) is 0 Å². The van der Waals surface area contributed by atoms with E-state index < -0.39 is 23.3 Å². The number of nitrogens with one attached hydrogen (secondary N) is 2. The second kappa shape index (κ2) is 6.93. The monoisotopic (exact) mass is 247 g/mol. The summed E-state index contributed by atoms with van der Waals surface area (Å²) in [6.07, 6.45) is 3.75. The molecule has 2 N–H and O–H groups in total. The van der Waals surface area contributed by atoms with E-state index in [2.05, 4.69) is 17.2 Å². The topological polar surface area (TPSA) is 75.3 Å². The Morgan fingerprint density at radius 3 is 2.12 bits per heavy atom. The maximum atomic E-state index is 11.8. The molecule has 1 rings (SSSR count). The maximum Gasteiger partial charge on any atom is 1.00 e. The number of hydrogen-bond acceptors (Lipinski definition) is 3. The van der Waals surface area contributed by atoms with Gasteiger partial charge in [0.1, 0.15) is 5.41 Å². The zero-order valence-corrected chi connectivity index (χ0v) is 12.3. The molecule has 88 valence electrons. The van der Waals surface area contributed by atoms with Crippen molar-refractivity contribution in [3.8, 4) is 0 Å². The zero-order valence-electron chi connectivity index (χ0n) is 10.3. The molecule has 1 saturated heterocycles. The summed E-state index contributed by atoms with van der Waals surface area (Å²) >= 11 is 0. The van der Waals surface area contributed by atoms with Crippen LogP contribution < -0.4 is 40.2 Å². The summed E-state index contributed by atoms with van der Waals surface area (Å²) in [4.78, 5) is 34.6. The minimum atomic E-state index is -1.11. The average Bonchev–Trinajstić information content (AvgIpc) is 2.22. The Morgan fingerprint density at radius 2 is 1.71 bits per heavy atom. The van der Waals surface area contributed by atoms with Gasteiger partial charge in [0, 0.05) is 0 Å². The molecule has 1 fully saturated rings. The molecule has 0 bridgehead atoms. The fraction of sp³-hybridized carbons (Fsp3) is 0.545. The Kier molecular flexibility index (Phi) is 6.67. The molecule has 1 aliphatic heterocycles. The molecule has 5 nitrogen and oxygen atoms in total. The molecule has 17 heavy (non-hydrogen) atoms. The first-order chi connectivity index (χ1) is 7.56. The van der Waals surface area contributed by atoms with E-state index in [9.17, 15) is 14.4 Å². The molecule has 0 aliphatic carbocycles. The fourth-order valence-electron chi connectivity index (χ4n) is 1.93. The Balaban J connectivity index is 0.00000256. The van der Waals surface area contributed by atoms with Crippen LogP contribution in [-0.4, -0.2) is 17.8 Å². The number of amides is 4. The van der Waals surface area contributed by atoms with Crippen LogP contribution in [0.15, 0.2) is 12.7 Å². The summed E-state index contributed by atoms with van der Waals surface area (Å²) in [6.45, 7) is 5.47. The Hall–Kier alpha value is -0.650. The van der Waals surface area contributed by atoms with Crippen molar-refractivity contribution in [3.63, 3.8) is 0 Å². The van der Waals surface area contributed by atoms with Gasteiger partial charge in [0.05, 0.1) is 0 Å². The van der Waals surface area contributed by atoms with Gasteiger partial charge < -0.3 is 0 Å². The molecular formula is C11H16N2NaO3+. The predicted molar refractivity (Wildman–Crippen MR) is 58.5 cm³/mol. The van der Waals surface area contributed by atoms with Crippen LogP contribution in [0.25, 0.3) is 0 Å². The Morgan fingerprint density at radius 1 is 1.18 bits per heavy atom. The number of imide groups is 2. The normalized spacial score (nSPS) is 17.8. The molecule has 4 amide bonds. The van der Waals surface area contributed by atoms with Crippen molar-refractivity contribution in [3.05, 3.63) is 12.7 Å². The number of barbiturate groups is 1. The van der Waals surface area contributed by atoms with E-state index in [1.807, 2.05) is 6.92 Å². The number of rotatable bonds is 5. The quantitative estimate of drug-likeness (QED) is 0.339. The average molecular weight is 247 g/mol. The molecule has 0 aromatic carbocycles. The molecule has 0 radical (unpaired) electrons. The number of hydrogen-bond donors (Lipinski definition) is 2. The van der Waals surface area contributed by atoms with Gasteiger partial charge in [-0.3, -0.25) is 20.2 Å². The van der Waals surface area contributed by atoms with Crippen LogP contribution in [0, 0.1) is 5.41 Å². The molecule has 6 heteroatoms. The smallest absolute Gasteiger partial charge is 0.277 e. The Labute approximate surface area is 123 Å². The van der Waals surface area contributed by atoms with E-state index in [0.717, 1.165) is 0 Å². The molecule has 0 aromatic heterocycles. The molecule has 0 unspecified atom stereocenters. The number of carbonyl (C=O) groups excluding carboxylic acids is 3. The van der Waals surface area contributed by atoms with E-state index >= 15 is 0 Å². The van der Waals surface area contributed by atoms with E-state index in [1.165, 1.54) is 0 Å². The van der Waals surface area contributed by atoms with Gasteiger partial charge in [-0.1, -0.05) is 19.4 Å². The fourth-order valence-corrected chi connectivity index (χ4v) is 1.93. The second-order valence-corrected chi connectivity index (χ2v) is 3.90. The zero-order chi connectivity index (χ0) is 12.2. The van der Waals surface area contributed by atoms with Crippen molar-refractivity contribution in [2.75, 3.05) is 0 Å². The maximum absolute atomic E-state index is 11.8. The standard InChI is InChI=1S/C11H16N2O3.Na/c1-3-5-7-11(6-4-2)8(14)12-10(16)13-9(11)15;/h3H,1,4-7H2,2H3,(H2,12,13,14,15,16);/q;+1. The second-order valence-electron chi connectivity index (χ2n) is 3.90. The van der Waals surface area contributed by atoms with E-state index in [1.54, 1.807) is 6.08 Å². The van der Waals surface area contributed by atoms with Crippen molar-refractivity contribution in [1.29, 1.82) is 0 Å². The van der Waals surface area contributed by atoms with Gasteiger partial charge in [-0.25, -0.2) is 4.79 Å². The van der Waals surface area contributed by atoms with Crippen molar-refractivity contribution < 1.29 is 43.9 Å². The minimum absolute atomic E-state index is 0. The number of carbonyl (C=O) groups is 3. The number of urea groups is 1. The van der Waals surface area contributed by atoms with Crippen LogP contribution in [0.2, 0.25) is 0 Å². The van der Waals surface area contributed by atoms with E-state index in [4.69, 9.17) is 0 Å². The molecule has 0 saturated carbocycles. The molecule has 1 heterocycles. The number of allylic oxidation sites excluding steroid dienone is 1. The van der Waals surface area contributed by atoms with Crippen LogP contribution in [0.5, 0.6) is 0 Å². The van der Waals surface area contributed by atoms with Gasteiger partial charge in [-0.15, -0.1) is 6.58 Å². The van der Waals surface area contributed by atoms with Gasteiger partial charge in [-0.2, -0.15) is 0 Å². The van der Waals surface area contributed by atoms with Gasteiger partial charge in [-0.05, 0) is 19.3 Å². The summed E-state index contributed by atoms with van der Waals surface area (Å²) in [7, 11) is 0. The van der Waals surface area contributed by atoms with Gasteiger partial charge in [0.15, 0.2) is 0 Å². The van der Waals surface area contributed by atoms with Crippen LogP contribution >= 0.6 is 0 Å². The first-order valence-corrected chi connectivity index (χ1v) is 5.34. The molecule has 1 aliphatic rings. The van der Waals surface area contributed by atoms with Crippen molar-refractivity contribution >= 4 is 17.8 Å². The summed E-state index contributed by atoms with van der Waals surface area (Å²) in [6, 6.07) is -0.736. The van der Waals surface area contributed by atoms with Crippen LogP contribution in [-0.2, 0) is 9.59 Å². The third-order valence-electron chi connectivity index (χ3n) is 2.78. The van der Waals surface area contributed by atoms with Gasteiger partial charge in [0.25, 0.3) is 0 Å².